The molecule has 1 saturated heterocycles. The molecule has 70 valence electrons. The predicted molar refractivity (Wildman–Crippen MR) is 48.5 cm³/mol. The van der Waals surface area contributed by atoms with E-state index in [9.17, 15) is 4.79 Å². The van der Waals surface area contributed by atoms with E-state index in [1.807, 2.05) is 24.8 Å². The average Bonchev–Trinajstić information content (AvgIpc) is 2.88. The lowest BCUT2D eigenvalue weighted by Gasteiger charge is -2.03. The highest BCUT2D eigenvalue weighted by Gasteiger charge is 2.27. The molecule has 1 aromatic heterocycles. The molecule has 0 spiro atoms. The highest BCUT2D eigenvalue weighted by molar-refractivity contribution is 5.94. The van der Waals surface area contributed by atoms with Gasteiger partial charge in [-0.3, -0.25) is 9.48 Å². The van der Waals surface area contributed by atoms with E-state index in [0.717, 1.165) is 31.0 Å². The molecule has 0 atom stereocenters. The number of hydrogen-bond acceptors (Lipinski definition) is 2. The first-order chi connectivity index (χ1) is 6.22. The average molecular weight is 179 g/mol. The van der Waals surface area contributed by atoms with Crippen LogP contribution in [0.4, 0.5) is 0 Å². The Morgan fingerprint density at radius 2 is 2.31 bits per heavy atom. The Bertz CT molecular complexity index is 339. The molecule has 2 heterocycles. The molecule has 2 rings (SSSR count). The van der Waals surface area contributed by atoms with Crippen molar-refractivity contribution in [3.63, 3.8) is 0 Å². The fourth-order valence-corrected chi connectivity index (χ4v) is 1.37. The van der Waals surface area contributed by atoms with Crippen molar-refractivity contribution in [2.75, 3.05) is 13.1 Å². The Balaban J connectivity index is 2.31. The molecule has 0 bridgehead atoms. The van der Waals surface area contributed by atoms with Crippen molar-refractivity contribution >= 4 is 5.91 Å². The predicted octanol–water partition coefficient (Wildman–Crippen LogP) is 0.667. The van der Waals surface area contributed by atoms with Crippen LogP contribution in [-0.4, -0.2) is 33.7 Å². The van der Waals surface area contributed by atoms with E-state index < -0.39 is 0 Å². The fraction of sp³-hybridized carbons (Fsp3) is 0.556. The summed E-state index contributed by atoms with van der Waals surface area (Å²) in [4.78, 5) is 13.5. The SMILES string of the molecule is CCn1nc(C)cc1C(=O)N1CC1. The lowest BCUT2D eigenvalue weighted by Crippen LogP contribution is -2.16. The number of amides is 1. The van der Waals surface area contributed by atoms with Gasteiger partial charge in [0.15, 0.2) is 0 Å². The number of nitrogens with zero attached hydrogens (tertiary/aromatic N) is 3. The first-order valence-electron chi connectivity index (χ1n) is 4.56. The summed E-state index contributed by atoms with van der Waals surface area (Å²) >= 11 is 0. The minimum Gasteiger partial charge on any atom is -0.334 e. The minimum atomic E-state index is 0.113. The van der Waals surface area contributed by atoms with E-state index in [1.165, 1.54) is 0 Å². The van der Waals surface area contributed by atoms with Crippen LogP contribution in [0, 0.1) is 6.92 Å². The zero-order valence-electron chi connectivity index (χ0n) is 7.95. The normalized spacial score (nSPS) is 14.8. The molecule has 0 aromatic carbocycles. The molecule has 4 heteroatoms. The number of aryl methyl sites for hydroxylation is 2. The fourth-order valence-electron chi connectivity index (χ4n) is 1.37. The van der Waals surface area contributed by atoms with Crippen molar-refractivity contribution in [2.24, 2.45) is 0 Å². The summed E-state index contributed by atoms with van der Waals surface area (Å²) in [7, 11) is 0. The molecule has 0 N–H and O–H groups in total. The van der Waals surface area contributed by atoms with Gasteiger partial charge in [-0.2, -0.15) is 5.10 Å². The van der Waals surface area contributed by atoms with Crippen molar-refractivity contribution in [1.82, 2.24) is 14.7 Å². The Morgan fingerprint density at radius 3 is 2.85 bits per heavy atom. The molecule has 1 amide bonds. The molecule has 0 unspecified atom stereocenters. The minimum absolute atomic E-state index is 0.113. The van der Waals surface area contributed by atoms with Crippen LogP contribution in [0.15, 0.2) is 6.07 Å². The number of carbonyl (C=O) groups is 1. The van der Waals surface area contributed by atoms with Gasteiger partial charge in [-0.25, -0.2) is 0 Å². The Kier molecular flexibility index (Phi) is 1.83. The summed E-state index contributed by atoms with van der Waals surface area (Å²) in [6.07, 6.45) is 0. The molecule has 0 saturated carbocycles. The monoisotopic (exact) mass is 179 g/mol. The second-order valence-corrected chi connectivity index (χ2v) is 3.28. The van der Waals surface area contributed by atoms with Crippen LogP contribution in [0.2, 0.25) is 0 Å². The van der Waals surface area contributed by atoms with Crippen LogP contribution >= 0.6 is 0 Å². The van der Waals surface area contributed by atoms with Gasteiger partial charge in [-0.1, -0.05) is 0 Å². The Morgan fingerprint density at radius 1 is 1.62 bits per heavy atom. The van der Waals surface area contributed by atoms with Crippen LogP contribution in [0.5, 0.6) is 0 Å². The summed E-state index contributed by atoms with van der Waals surface area (Å²) < 4.78 is 1.76. The summed E-state index contributed by atoms with van der Waals surface area (Å²) in [5.41, 5.74) is 1.63. The highest BCUT2D eigenvalue weighted by atomic mass is 16.2. The molecular weight excluding hydrogens is 166 g/mol. The first kappa shape index (κ1) is 8.29. The first-order valence-corrected chi connectivity index (χ1v) is 4.56. The standard InChI is InChI=1S/C9H13N3O/c1-3-12-8(6-7(2)10-12)9(13)11-4-5-11/h6H,3-5H2,1-2H3. The maximum absolute atomic E-state index is 11.7. The number of hydrogen-bond donors (Lipinski definition) is 0. The molecule has 1 fully saturated rings. The van der Waals surface area contributed by atoms with Gasteiger partial charge in [0, 0.05) is 19.6 Å². The molecule has 1 aliphatic heterocycles. The van der Waals surface area contributed by atoms with Crippen molar-refractivity contribution in [1.29, 1.82) is 0 Å². The highest BCUT2D eigenvalue weighted by Crippen LogP contribution is 2.13. The van der Waals surface area contributed by atoms with Crippen LogP contribution in [0.1, 0.15) is 23.1 Å². The smallest absolute Gasteiger partial charge is 0.272 e. The summed E-state index contributed by atoms with van der Waals surface area (Å²) in [6, 6.07) is 1.85. The Hall–Kier alpha value is -1.32. The van der Waals surface area contributed by atoms with E-state index >= 15 is 0 Å². The van der Waals surface area contributed by atoms with Crippen molar-refractivity contribution in [3.8, 4) is 0 Å². The summed E-state index contributed by atoms with van der Waals surface area (Å²) in [6.45, 7) is 6.44. The van der Waals surface area contributed by atoms with Crippen LogP contribution in [-0.2, 0) is 6.54 Å². The molecule has 1 aliphatic rings. The van der Waals surface area contributed by atoms with Gasteiger partial charge in [0.1, 0.15) is 5.69 Å². The van der Waals surface area contributed by atoms with E-state index in [0.29, 0.717) is 0 Å². The van der Waals surface area contributed by atoms with Gasteiger partial charge in [0.05, 0.1) is 5.69 Å². The van der Waals surface area contributed by atoms with Crippen LogP contribution in [0.25, 0.3) is 0 Å². The third-order valence-electron chi connectivity index (χ3n) is 2.16. The lowest BCUT2D eigenvalue weighted by atomic mass is 10.3. The van der Waals surface area contributed by atoms with Crippen molar-refractivity contribution in [2.45, 2.75) is 20.4 Å². The number of carbonyl (C=O) groups excluding carboxylic acids is 1. The van der Waals surface area contributed by atoms with Crippen LogP contribution < -0.4 is 0 Å². The maximum atomic E-state index is 11.7. The van der Waals surface area contributed by atoms with Gasteiger partial charge >= 0.3 is 0 Å². The zero-order chi connectivity index (χ0) is 9.42. The largest absolute Gasteiger partial charge is 0.334 e. The zero-order valence-corrected chi connectivity index (χ0v) is 7.95. The van der Waals surface area contributed by atoms with Gasteiger partial charge in [-0.05, 0) is 19.9 Å². The topological polar surface area (TPSA) is 37.9 Å². The van der Waals surface area contributed by atoms with Gasteiger partial charge in [-0.15, -0.1) is 0 Å². The van der Waals surface area contributed by atoms with E-state index in [4.69, 9.17) is 0 Å². The van der Waals surface area contributed by atoms with Crippen molar-refractivity contribution < 1.29 is 4.79 Å². The van der Waals surface area contributed by atoms with E-state index in [1.54, 1.807) is 4.68 Å². The number of aromatic nitrogens is 2. The third kappa shape index (κ3) is 1.43. The van der Waals surface area contributed by atoms with E-state index in [2.05, 4.69) is 5.10 Å². The molecular formula is C9H13N3O. The summed E-state index contributed by atoms with van der Waals surface area (Å²) in [5.74, 6) is 0.113. The van der Waals surface area contributed by atoms with Gasteiger partial charge in [0.25, 0.3) is 5.91 Å². The molecule has 1 aromatic rings. The van der Waals surface area contributed by atoms with Crippen molar-refractivity contribution in [3.05, 3.63) is 17.5 Å². The molecule has 13 heavy (non-hydrogen) atoms. The van der Waals surface area contributed by atoms with Crippen LogP contribution in [0.3, 0.4) is 0 Å². The van der Waals surface area contributed by atoms with Gasteiger partial charge < -0.3 is 4.90 Å². The lowest BCUT2D eigenvalue weighted by molar-refractivity contribution is 0.0874. The maximum Gasteiger partial charge on any atom is 0.272 e. The molecule has 0 radical (unpaired) electrons. The van der Waals surface area contributed by atoms with Gasteiger partial charge in [0.2, 0.25) is 0 Å². The number of rotatable bonds is 2. The summed E-state index contributed by atoms with van der Waals surface area (Å²) in [5, 5.41) is 4.23. The molecule has 4 nitrogen and oxygen atoms in total. The molecule has 0 aliphatic carbocycles. The Labute approximate surface area is 77.1 Å². The second kappa shape index (κ2) is 2.87. The second-order valence-electron chi connectivity index (χ2n) is 3.28. The quantitative estimate of drug-likeness (QED) is 0.626. The van der Waals surface area contributed by atoms with E-state index in [-0.39, 0.29) is 5.91 Å². The third-order valence-corrected chi connectivity index (χ3v) is 2.16.